The molecule has 0 saturated heterocycles. The second-order valence-electron chi connectivity index (χ2n) is 6.46. The van der Waals surface area contributed by atoms with E-state index in [1.807, 2.05) is 74.5 Å². The monoisotopic (exact) mass is 483 g/mol. The molecule has 2 aromatic rings. The number of hydrogen-bond donors (Lipinski definition) is 3. The van der Waals surface area contributed by atoms with Crippen molar-refractivity contribution < 1.29 is 9.84 Å². The molecule has 6 heteroatoms. The zero-order chi connectivity index (χ0) is 18.8. The minimum atomic E-state index is -1.02. The minimum absolute atomic E-state index is 0. The number of aliphatic imine (C=N–C) groups is 1. The number of guanidine groups is 1. The molecular weight excluding hydrogens is 453 g/mol. The van der Waals surface area contributed by atoms with Crippen LogP contribution in [-0.2, 0) is 5.60 Å². The summed E-state index contributed by atoms with van der Waals surface area (Å²) in [7, 11) is 0. The highest BCUT2D eigenvalue weighted by molar-refractivity contribution is 14.0. The van der Waals surface area contributed by atoms with Crippen LogP contribution in [0.5, 0.6) is 5.75 Å². The predicted octanol–water partition coefficient (Wildman–Crippen LogP) is 3.53. The summed E-state index contributed by atoms with van der Waals surface area (Å²) in [5.41, 5.74) is -0.171. The van der Waals surface area contributed by atoms with Gasteiger partial charge in [-0.25, -0.2) is 4.99 Å². The summed E-state index contributed by atoms with van der Waals surface area (Å²) in [4.78, 5) is 4.53. The van der Waals surface area contributed by atoms with Gasteiger partial charge in [0, 0.05) is 6.54 Å². The molecular formula is C21H30IN3O2. The van der Waals surface area contributed by atoms with Gasteiger partial charge < -0.3 is 20.5 Å². The van der Waals surface area contributed by atoms with E-state index in [1.54, 1.807) is 6.92 Å². The molecule has 2 aromatic carbocycles. The zero-order valence-corrected chi connectivity index (χ0v) is 18.5. The summed E-state index contributed by atoms with van der Waals surface area (Å²) in [6.07, 6.45) is -0.0177. The van der Waals surface area contributed by atoms with Crippen LogP contribution in [-0.4, -0.2) is 36.8 Å². The highest BCUT2D eigenvalue weighted by Crippen LogP contribution is 2.20. The van der Waals surface area contributed by atoms with Gasteiger partial charge >= 0.3 is 0 Å². The molecule has 0 heterocycles. The van der Waals surface area contributed by atoms with Crippen LogP contribution in [0.1, 0.15) is 26.3 Å². The Bertz CT molecular complexity index is 678. The third-order valence-electron chi connectivity index (χ3n) is 3.92. The largest absolute Gasteiger partial charge is 0.489 e. The predicted molar refractivity (Wildman–Crippen MR) is 122 cm³/mol. The lowest BCUT2D eigenvalue weighted by Crippen LogP contribution is -2.42. The van der Waals surface area contributed by atoms with Crippen molar-refractivity contribution in [3.8, 4) is 5.75 Å². The lowest BCUT2D eigenvalue weighted by molar-refractivity contribution is 0.0672. The van der Waals surface area contributed by atoms with Gasteiger partial charge in [0.15, 0.2) is 5.96 Å². The molecule has 0 aliphatic heterocycles. The maximum absolute atomic E-state index is 10.7. The highest BCUT2D eigenvalue weighted by atomic mass is 127. The van der Waals surface area contributed by atoms with E-state index in [-0.39, 0.29) is 36.6 Å². The molecule has 0 aliphatic rings. The Labute approximate surface area is 179 Å². The van der Waals surface area contributed by atoms with Crippen LogP contribution in [0.25, 0.3) is 0 Å². The molecule has 0 radical (unpaired) electrons. The maximum atomic E-state index is 10.7. The molecule has 0 aliphatic carbocycles. The van der Waals surface area contributed by atoms with Crippen molar-refractivity contribution >= 4 is 29.9 Å². The van der Waals surface area contributed by atoms with Gasteiger partial charge in [0.2, 0.25) is 0 Å². The molecule has 0 saturated carbocycles. The van der Waals surface area contributed by atoms with Crippen molar-refractivity contribution in [2.24, 2.45) is 4.99 Å². The van der Waals surface area contributed by atoms with Crippen molar-refractivity contribution in [1.82, 2.24) is 10.6 Å². The molecule has 5 nitrogen and oxygen atoms in total. The maximum Gasteiger partial charge on any atom is 0.191 e. The van der Waals surface area contributed by atoms with Crippen molar-refractivity contribution in [3.05, 3.63) is 66.2 Å². The SMILES string of the molecule is CCNC(=NCC(C)(O)c1ccccc1)NCC(C)Oc1ccccc1.I. The quantitative estimate of drug-likeness (QED) is 0.306. The number of halogens is 1. The fourth-order valence-electron chi connectivity index (χ4n) is 2.48. The van der Waals surface area contributed by atoms with Crippen molar-refractivity contribution in [3.63, 3.8) is 0 Å². The van der Waals surface area contributed by atoms with Crippen LogP contribution < -0.4 is 15.4 Å². The lowest BCUT2D eigenvalue weighted by atomic mass is 9.96. The second-order valence-corrected chi connectivity index (χ2v) is 6.46. The van der Waals surface area contributed by atoms with Gasteiger partial charge in [-0.05, 0) is 38.5 Å². The second kappa shape index (κ2) is 11.8. The van der Waals surface area contributed by atoms with Gasteiger partial charge in [0.1, 0.15) is 17.5 Å². The summed E-state index contributed by atoms with van der Waals surface area (Å²) < 4.78 is 5.86. The fraction of sp³-hybridized carbons (Fsp3) is 0.381. The number of rotatable bonds is 8. The number of ether oxygens (including phenoxy) is 1. The third kappa shape index (κ3) is 8.17. The fourth-order valence-corrected chi connectivity index (χ4v) is 2.48. The molecule has 27 heavy (non-hydrogen) atoms. The number of hydrogen-bond acceptors (Lipinski definition) is 3. The molecule has 0 bridgehead atoms. The minimum Gasteiger partial charge on any atom is -0.489 e. The number of nitrogens with one attached hydrogen (secondary N) is 2. The van der Waals surface area contributed by atoms with E-state index in [9.17, 15) is 5.11 Å². The van der Waals surface area contributed by atoms with E-state index in [2.05, 4.69) is 15.6 Å². The zero-order valence-electron chi connectivity index (χ0n) is 16.2. The number of para-hydroxylation sites is 1. The van der Waals surface area contributed by atoms with Crippen LogP contribution in [0.2, 0.25) is 0 Å². The number of aliphatic hydroxyl groups is 1. The van der Waals surface area contributed by atoms with Gasteiger partial charge in [-0.2, -0.15) is 0 Å². The molecule has 0 fully saturated rings. The Kier molecular flexibility index (Phi) is 10.2. The molecule has 0 spiro atoms. The molecule has 2 atom stereocenters. The first kappa shape index (κ1) is 23.2. The molecule has 0 amide bonds. The lowest BCUT2D eigenvalue weighted by Gasteiger charge is -2.23. The molecule has 3 N–H and O–H groups in total. The van der Waals surface area contributed by atoms with E-state index in [4.69, 9.17) is 4.74 Å². The summed E-state index contributed by atoms with van der Waals surface area (Å²) in [6, 6.07) is 19.3. The van der Waals surface area contributed by atoms with Crippen LogP contribution in [0.3, 0.4) is 0 Å². The van der Waals surface area contributed by atoms with Gasteiger partial charge in [-0.15, -0.1) is 24.0 Å². The summed E-state index contributed by atoms with van der Waals surface area (Å²) in [6.45, 7) is 7.40. The van der Waals surface area contributed by atoms with Crippen LogP contribution in [0.15, 0.2) is 65.7 Å². The molecule has 2 rings (SSSR count). The van der Waals surface area contributed by atoms with E-state index >= 15 is 0 Å². The van der Waals surface area contributed by atoms with Gasteiger partial charge in [0.25, 0.3) is 0 Å². The Morgan fingerprint density at radius 2 is 1.67 bits per heavy atom. The standard InChI is InChI=1S/C21H29N3O2.HI/c1-4-22-20(23-15-17(2)26-19-13-9-6-10-14-19)24-16-21(3,25)18-11-7-5-8-12-18;/h5-14,17,25H,4,15-16H2,1-3H3,(H2,22,23,24);1H. The summed E-state index contributed by atoms with van der Waals surface area (Å²) in [5.74, 6) is 1.50. The van der Waals surface area contributed by atoms with Crippen LogP contribution >= 0.6 is 24.0 Å². The smallest absolute Gasteiger partial charge is 0.191 e. The van der Waals surface area contributed by atoms with Crippen LogP contribution in [0, 0.1) is 0 Å². The van der Waals surface area contributed by atoms with E-state index < -0.39 is 5.60 Å². The Balaban J connectivity index is 0.00000364. The van der Waals surface area contributed by atoms with Crippen LogP contribution in [0.4, 0.5) is 0 Å². The van der Waals surface area contributed by atoms with Crippen molar-refractivity contribution in [2.45, 2.75) is 32.5 Å². The normalized spacial score (nSPS) is 14.4. The van der Waals surface area contributed by atoms with Gasteiger partial charge in [-0.3, -0.25) is 0 Å². The first-order valence-corrected chi connectivity index (χ1v) is 9.03. The number of benzene rings is 2. The first-order chi connectivity index (χ1) is 12.5. The van der Waals surface area contributed by atoms with Crippen molar-refractivity contribution in [2.75, 3.05) is 19.6 Å². The molecule has 0 aromatic heterocycles. The summed E-state index contributed by atoms with van der Waals surface area (Å²) >= 11 is 0. The Morgan fingerprint density at radius 3 is 2.26 bits per heavy atom. The number of nitrogens with zero attached hydrogens (tertiary/aromatic N) is 1. The van der Waals surface area contributed by atoms with E-state index in [0.717, 1.165) is 17.9 Å². The molecule has 2 unspecified atom stereocenters. The van der Waals surface area contributed by atoms with Crippen molar-refractivity contribution in [1.29, 1.82) is 0 Å². The van der Waals surface area contributed by atoms with Gasteiger partial charge in [0.05, 0.1) is 13.1 Å². The highest BCUT2D eigenvalue weighted by Gasteiger charge is 2.22. The Morgan fingerprint density at radius 1 is 1.07 bits per heavy atom. The van der Waals surface area contributed by atoms with E-state index in [0.29, 0.717) is 12.5 Å². The first-order valence-electron chi connectivity index (χ1n) is 9.03. The van der Waals surface area contributed by atoms with E-state index in [1.165, 1.54) is 0 Å². The average molecular weight is 483 g/mol. The summed E-state index contributed by atoms with van der Waals surface area (Å²) in [5, 5.41) is 17.2. The average Bonchev–Trinajstić information content (AvgIpc) is 2.65. The molecule has 148 valence electrons. The third-order valence-corrected chi connectivity index (χ3v) is 3.92. The van der Waals surface area contributed by atoms with Gasteiger partial charge in [-0.1, -0.05) is 48.5 Å². The topological polar surface area (TPSA) is 65.9 Å². The Hall–Kier alpha value is -1.80.